The van der Waals surface area contributed by atoms with Crippen LogP contribution in [0.15, 0.2) is 47.6 Å². The van der Waals surface area contributed by atoms with Gasteiger partial charge in [0.15, 0.2) is 15.8 Å². The van der Waals surface area contributed by atoms with E-state index >= 15 is 0 Å². The first-order valence-electron chi connectivity index (χ1n) is 10.00. The molecule has 7 nitrogen and oxygen atoms in total. The van der Waals surface area contributed by atoms with Crippen molar-refractivity contribution in [3.63, 3.8) is 0 Å². The number of sulfone groups is 1. The average Bonchev–Trinajstić information content (AvgIpc) is 3.15. The van der Waals surface area contributed by atoms with E-state index in [2.05, 4.69) is 25.5 Å². The zero-order chi connectivity index (χ0) is 21.6. The molecule has 0 aliphatic carbocycles. The molecule has 1 aliphatic rings. The molecule has 170 valence electrons. The van der Waals surface area contributed by atoms with Crippen molar-refractivity contribution in [1.82, 2.24) is 15.6 Å². The lowest BCUT2D eigenvalue weighted by Gasteiger charge is -2.20. The standard InChI is InChI=1S/C21H28ClN5O2S.HI/c1-3-23-21(25-13-16-6-8-17(9-7-16)15-30(2,28)29)26-18-10-12-27(14-18)20-19(22)5-4-11-24-20;/h4-9,11,18H,3,10,12-15H2,1-2H3,(H2,23,25,26);1H. The number of guanidine groups is 1. The molecule has 10 heteroatoms. The third-order valence-electron chi connectivity index (χ3n) is 4.78. The summed E-state index contributed by atoms with van der Waals surface area (Å²) in [6.45, 7) is 5.00. The summed E-state index contributed by atoms with van der Waals surface area (Å²) < 4.78 is 22.8. The molecule has 1 atom stereocenters. The molecule has 0 bridgehead atoms. The zero-order valence-electron chi connectivity index (χ0n) is 17.7. The minimum absolute atomic E-state index is 0. The Hall–Kier alpha value is -1.59. The number of hydrogen-bond donors (Lipinski definition) is 2. The summed E-state index contributed by atoms with van der Waals surface area (Å²) in [4.78, 5) is 11.3. The Kier molecular flexibility index (Phi) is 9.83. The van der Waals surface area contributed by atoms with Crippen molar-refractivity contribution in [3.8, 4) is 0 Å². The van der Waals surface area contributed by atoms with Gasteiger partial charge in [0, 0.05) is 38.1 Å². The van der Waals surface area contributed by atoms with E-state index in [0.717, 1.165) is 49.0 Å². The van der Waals surface area contributed by atoms with Gasteiger partial charge < -0.3 is 15.5 Å². The van der Waals surface area contributed by atoms with Gasteiger partial charge in [-0.25, -0.2) is 18.4 Å². The van der Waals surface area contributed by atoms with E-state index in [1.165, 1.54) is 6.26 Å². The summed E-state index contributed by atoms with van der Waals surface area (Å²) in [6.07, 6.45) is 3.97. The summed E-state index contributed by atoms with van der Waals surface area (Å²) in [5.41, 5.74) is 1.81. The van der Waals surface area contributed by atoms with Crippen LogP contribution >= 0.6 is 35.6 Å². The number of anilines is 1. The second kappa shape index (κ2) is 11.9. The number of halogens is 2. The Morgan fingerprint density at radius 3 is 2.61 bits per heavy atom. The van der Waals surface area contributed by atoms with Crippen LogP contribution in [0, 0.1) is 0 Å². The van der Waals surface area contributed by atoms with Gasteiger partial charge in [0.25, 0.3) is 0 Å². The van der Waals surface area contributed by atoms with Crippen molar-refractivity contribution in [2.75, 3.05) is 30.8 Å². The van der Waals surface area contributed by atoms with Crippen molar-refractivity contribution in [2.45, 2.75) is 31.7 Å². The maximum Gasteiger partial charge on any atom is 0.191 e. The van der Waals surface area contributed by atoms with Gasteiger partial charge >= 0.3 is 0 Å². The Morgan fingerprint density at radius 2 is 1.97 bits per heavy atom. The third kappa shape index (κ3) is 8.12. The minimum atomic E-state index is -3.03. The fraction of sp³-hybridized carbons (Fsp3) is 0.429. The van der Waals surface area contributed by atoms with Gasteiger partial charge in [-0.15, -0.1) is 24.0 Å². The number of nitrogens with one attached hydrogen (secondary N) is 2. The first-order valence-corrected chi connectivity index (χ1v) is 12.4. The molecule has 0 amide bonds. The quantitative estimate of drug-likeness (QED) is 0.299. The van der Waals surface area contributed by atoms with Crippen molar-refractivity contribution in [3.05, 3.63) is 58.7 Å². The van der Waals surface area contributed by atoms with Crippen LogP contribution in [0.2, 0.25) is 5.02 Å². The van der Waals surface area contributed by atoms with E-state index in [1.807, 2.05) is 43.3 Å². The highest BCUT2D eigenvalue weighted by molar-refractivity contribution is 14.0. The van der Waals surface area contributed by atoms with Crippen molar-refractivity contribution in [2.24, 2.45) is 4.99 Å². The van der Waals surface area contributed by atoms with Gasteiger partial charge in [0.1, 0.15) is 5.82 Å². The van der Waals surface area contributed by atoms with Crippen LogP contribution in [0.5, 0.6) is 0 Å². The molecule has 1 aliphatic heterocycles. The molecule has 0 radical (unpaired) electrons. The predicted octanol–water partition coefficient (Wildman–Crippen LogP) is 3.23. The topological polar surface area (TPSA) is 86.7 Å². The van der Waals surface area contributed by atoms with E-state index in [1.54, 1.807) is 6.20 Å². The SMILES string of the molecule is CCNC(=NCc1ccc(CS(C)(=O)=O)cc1)NC1CCN(c2ncccc2Cl)C1.I. The molecule has 1 aromatic carbocycles. The van der Waals surface area contributed by atoms with Crippen molar-refractivity contribution in [1.29, 1.82) is 0 Å². The number of rotatable bonds is 7. The van der Waals surface area contributed by atoms with E-state index < -0.39 is 9.84 Å². The van der Waals surface area contributed by atoms with Crippen LogP contribution < -0.4 is 15.5 Å². The molecule has 3 rings (SSSR count). The molecule has 0 saturated carbocycles. The highest BCUT2D eigenvalue weighted by atomic mass is 127. The molecule has 2 heterocycles. The van der Waals surface area contributed by atoms with Gasteiger partial charge in [-0.05, 0) is 36.6 Å². The van der Waals surface area contributed by atoms with Crippen LogP contribution in [-0.4, -0.2) is 51.3 Å². The Labute approximate surface area is 206 Å². The average molecular weight is 578 g/mol. The normalized spacial score (nSPS) is 16.7. The van der Waals surface area contributed by atoms with Crippen LogP contribution in [0.3, 0.4) is 0 Å². The summed E-state index contributed by atoms with van der Waals surface area (Å²) >= 11 is 6.28. The third-order valence-corrected chi connectivity index (χ3v) is 5.94. The molecule has 2 aromatic rings. The maximum atomic E-state index is 11.4. The number of aliphatic imine (C=N–C) groups is 1. The minimum Gasteiger partial charge on any atom is -0.357 e. The van der Waals surface area contributed by atoms with E-state index in [0.29, 0.717) is 11.6 Å². The lowest BCUT2D eigenvalue weighted by molar-refractivity contribution is 0.601. The zero-order valence-corrected chi connectivity index (χ0v) is 21.6. The summed E-state index contributed by atoms with van der Waals surface area (Å²) in [5, 5.41) is 7.45. The molecule has 1 saturated heterocycles. The number of aromatic nitrogens is 1. The van der Waals surface area contributed by atoms with Crippen LogP contribution in [-0.2, 0) is 22.1 Å². The molecule has 1 fully saturated rings. The maximum absolute atomic E-state index is 11.4. The molecular formula is C21H29ClIN5O2S. The Balaban J connectivity index is 0.00000341. The molecule has 1 aromatic heterocycles. The lowest BCUT2D eigenvalue weighted by Crippen LogP contribution is -2.44. The highest BCUT2D eigenvalue weighted by Gasteiger charge is 2.25. The van der Waals surface area contributed by atoms with Crippen LogP contribution in [0.1, 0.15) is 24.5 Å². The van der Waals surface area contributed by atoms with Gasteiger partial charge in [0.2, 0.25) is 0 Å². The van der Waals surface area contributed by atoms with Crippen LogP contribution in [0.25, 0.3) is 0 Å². The lowest BCUT2D eigenvalue weighted by atomic mass is 10.1. The molecule has 2 N–H and O–H groups in total. The van der Waals surface area contributed by atoms with Crippen molar-refractivity contribution < 1.29 is 8.42 Å². The number of hydrogen-bond acceptors (Lipinski definition) is 5. The highest BCUT2D eigenvalue weighted by Crippen LogP contribution is 2.25. The van der Waals surface area contributed by atoms with E-state index in [9.17, 15) is 8.42 Å². The first-order chi connectivity index (χ1) is 14.3. The van der Waals surface area contributed by atoms with E-state index in [4.69, 9.17) is 11.6 Å². The smallest absolute Gasteiger partial charge is 0.191 e. The first kappa shape index (κ1) is 25.7. The summed E-state index contributed by atoms with van der Waals surface area (Å²) in [7, 11) is -3.03. The fourth-order valence-electron chi connectivity index (χ4n) is 3.41. The molecular weight excluding hydrogens is 549 g/mol. The Bertz CT molecular complexity index is 986. The summed E-state index contributed by atoms with van der Waals surface area (Å²) in [5.74, 6) is 1.63. The predicted molar refractivity (Wildman–Crippen MR) is 138 cm³/mol. The monoisotopic (exact) mass is 577 g/mol. The van der Waals surface area contributed by atoms with Gasteiger partial charge in [-0.1, -0.05) is 35.9 Å². The molecule has 1 unspecified atom stereocenters. The van der Waals surface area contributed by atoms with Gasteiger partial charge in [0.05, 0.1) is 17.3 Å². The molecule has 31 heavy (non-hydrogen) atoms. The Morgan fingerprint density at radius 1 is 1.26 bits per heavy atom. The second-order valence-corrected chi connectivity index (χ2v) is 10.0. The molecule has 0 spiro atoms. The van der Waals surface area contributed by atoms with Gasteiger partial charge in [-0.3, -0.25) is 0 Å². The van der Waals surface area contributed by atoms with Gasteiger partial charge in [-0.2, -0.15) is 0 Å². The summed E-state index contributed by atoms with van der Waals surface area (Å²) in [6, 6.07) is 11.5. The largest absolute Gasteiger partial charge is 0.357 e. The van der Waals surface area contributed by atoms with Crippen LogP contribution in [0.4, 0.5) is 5.82 Å². The number of pyridine rings is 1. The number of nitrogens with zero attached hydrogens (tertiary/aromatic N) is 3. The van der Waals surface area contributed by atoms with E-state index in [-0.39, 0.29) is 35.8 Å². The number of benzene rings is 1. The van der Waals surface area contributed by atoms with Crippen molar-refractivity contribution >= 4 is 57.2 Å². The second-order valence-electron chi connectivity index (χ2n) is 7.47. The fourth-order valence-corrected chi connectivity index (χ4v) is 4.45.